The van der Waals surface area contributed by atoms with Gasteiger partial charge in [-0.3, -0.25) is 9.59 Å². The van der Waals surface area contributed by atoms with Gasteiger partial charge in [0.05, 0.1) is 0 Å². The SMILES string of the molecule is CC/C=C\C/C=C\C(/C=C\CCCCCC(=O)O)OC(=O)CCCCCCCCC/C=C\C/C=C\CCCCC. The number of carbonyl (C=O) groups excluding carboxylic acids is 1. The second kappa shape index (κ2) is 31.2. The van der Waals surface area contributed by atoms with Crippen molar-refractivity contribution in [1.29, 1.82) is 0 Å². The molecule has 0 fully saturated rings. The van der Waals surface area contributed by atoms with Crippen LogP contribution in [0.15, 0.2) is 60.8 Å². The van der Waals surface area contributed by atoms with Crippen LogP contribution in [0.5, 0.6) is 0 Å². The van der Waals surface area contributed by atoms with Gasteiger partial charge in [0.1, 0.15) is 6.10 Å². The summed E-state index contributed by atoms with van der Waals surface area (Å²) in [6.45, 7) is 4.36. The van der Waals surface area contributed by atoms with Crippen LogP contribution in [-0.2, 0) is 14.3 Å². The molecule has 0 amide bonds. The first-order valence-electron chi connectivity index (χ1n) is 16.3. The summed E-state index contributed by atoms with van der Waals surface area (Å²) < 4.78 is 5.72. The molecule has 0 aliphatic carbocycles. The number of allylic oxidation sites excluding steroid dienone is 8. The maximum Gasteiger partial charge on any atom is 0.306 e. The zero-order chi connectivity index (χ0) is 29.4. The van der Waals surface area contributed by atoms with Gasteiger partial charge in [0, 0.05) is 12.8 Å². The smallest absolute Gasteiger partial charge is 0.306 e. The largest absolute Gasteiger partial charge is 0.481 e. The summed E-state index contributed by atoms with van der Waals surface area (Å²) in [6, 6.07) is 0. The minimum absolute atomic E-state index is 0.132. The first-order chi connectivity index (χ1) is 19.6. The van der Waals surface area contributed by atoms with Gasteiger partial charge in [0.25, 0.3) is 0 Å². The Labute approximate surface area is 246 Å². The zero-order valence-corrected chi connectivity index (χ0v) is 25.9. The molecule has 228 valence electrons. The molecule has 0 spiro atoms. The Morgan fingerprint density at radius 3 is 1.73 bits per heavy atom. The molecule has 0 radical (unpaired) electrons. The van der Waals surface area contributed by atoms with E-state index in [1.165, 1.54) is 64.2 Å². The first kappa shape index (κ1) is 37.6. The van der Waals surface area contributed by atoms with Crippen LogP contribution in [0.4, 0.5) is 0 Å². The lowest BCUT2D eigenvalue weighted by atomic mass is 10.1. The lowest BCUT2D eigenvalue weighted by molar-refractivity contribution is -0.145. The highest BCUT2D eigenvalue weighted by atomic mass is 16.5. The number of hydrogen-bond donors (Lipinski definition) is 1. The second-order valence-corrected chi connectivity index (χ2v) is 10.6. The molecule has 0 aliphatic heterocycles. The normalized spacial score (nSPS) is 13.1. The number of esters is 1. The molecule has 0 aromatic carbocycles. The fourth-order valence-electron chi connectivity index (χ4n) is 4.29. The van der Waals surface area contributed by atoms with E-state index in [-0.39, 0.29) is 18.5 Å². The maximum atomic E-state index is 12.4. The van der Waals surface area contributed by atoms with E-state index < -0.39 is 5.97 Å². The summed E-state index contributed by atoms with van der Waals surface area (Å²) in [4.78, 5) is 23.0. The van der Waals surface area contributed by atoms with Crippen LogP contribution in [0.25, 0.3) is 0 Å². The molecule has 4 heteroatoms. The molecule has 40 heavy (non-hydrogen) atoms. The van der Waals surface area contributed by atoms with Crippen LogP contribution in [0.2, 0.25) is 0 Å². The Bertz CT molecular complexity index is 729. The van der Waals surface area contributed by atoms with E-state index in [1.54, 1.807) is 0 Å². The van der Waals surface area contributed by atoms with Gasteiger partial charge in [-0.2, -0.15) is 0 Å². The summed E-state index contributed by atoms with van der Waals surface area (Å²) in [5.41, 5.74) is 0. The van der Waals surface area contributed by atoms with E-state index in [0.29, 0.717) is 12.8 Å². The van der Waals surface area contributed by atoms with Crippen molar-refractivity contribution in [3.8, 4) is 0 Å². The third kappa shape index (κ3) is 30.2. The monoisotopic (exact) mass is 556 g/mol. The fourth-order valence-corrected chi connectivity index (χ4v) is 4.29. The van der Waals surface area contributed by atoms with Crippen molar-refractivity contribution in [1.82, 2.24) is 0 Å². The number of carboxylic acids is 1. The average molecular weight is 557 g/mol. The number of ether oxygens (including phenoxy) is 1. The maximum absolute atomic E-state index is 12.4. The molecule has 1 N–H and O–H groups in total. The van der Waals surface area contributed by atoms with Crippen LogP contribution >= 0.6 is 0 Å². The zero-order valence-electron chi connectivity index (χ0n) is 25.9. The number of rotatable bonds is 28. The third-order valence-corrected chi connectivity index (χ3v) is 6.69. The van der Waals surface area contributed by atoms with Crippen molar-refractivity contribution in [2.75, 3.05) is 0 Å². The summed E-state index contributed by atoms with van der Waals surface area (Å²) >= 11 is 0. The van der Waals surface area contributed by atoms with Crippen molar-refractivity contribution < 1.29 is 19.4 Å². The van der Waals surface area contributed by atoms with E-state index in [0.717, 1.165) is 51.4 Å². The standard InChI is InChI=1S/C36H60O4/c1-3-5-7-9-10-11-12-13-14-15-16-17-18-19-20-25-29-33-36(39)40-34(30-26-22-8-6-4-2)31-27-23-21-24-28-32-35(37)38/h6,8,10-11,13-14,26-27,30-31,34H,3-5,7,9,12,15-25,28-29,32-33H2,1-2H3,(H,37,38)/b8-6-,11-10-,14-13-,30-26-,31-27-. The summed E-state index contributed by atoms with van der Waals surface area (Å²) in [7, 11) is 0. The molecular formula is C36H60O4. The molecule has 0 aliphatic rings. The van der Waals surface area contributed by atoms with Crippen molar-refractivity contribution >= 4 is 11.9 Å². The molecule has 4 nitrogen and oxygen atoms in total. The van der Waals surface area contributed by atoms with Gasteiger partial charge in [-0.25, -0.2) is 0 Å². The van der Waals surface area contributed by atoms with E-state index >= 15 is 0 Å². The highest BCUT2D eigenvalue weighted by molar-refractivity contribution is 5.69. The van der Waals surface area contributed by atoms with Gasteiger partial charge in [0.2, 0.25) is 0 Å². The molecule has 0 saturated heterocycles. The second-order valence-electron chi connectivity index (χ2n) is 10.6. The van der Waals surface area contributed by atoms with Crippen LogP contribution in [0, 0.1) is 0 Å². The summed E-state index contributed by atoms with van der Waals surface area (Å²) in [5, 5.41) is 8.72. The van der Waals surface area contributed by atoms with Crippen LogP contribution < -0.4 is 0 Å². The highest BCUT2D eigenvalue weighted by Crippen LogP contribution is 2.12. The highest BCUT2D eigenvalue weighted by Gasteiger charge is 2.08. The molecule has 0 rings (SSSR count). The molecule has 0 saturated carbocycles. The first-order valence-corrected chi connectivity index (χ1v) is 16.3. The van der Waals surface area contributed by atoms with Gasteiger partial charge in [-0.05, 0) is 82.8 Å². The van der Waals surface area contributed by atoms with E-state index in [2.05, 4.69) is 50.3 Å². The van der Waals surface area contributed by atoms with Crippen LogP contribution in [-0.4, -0.2) is 23.1 Å². The lowest BCUT2D eigenvalue weighted by Gasteiger charge is -2.11. The van der Waals surface area contributed by atoms with Gasteiger partial charge in [0.15, 0.2) is 0 Å². The minimum Gasteiger partial charge on any atom is -0.481 e. The predicted octanol–water partition coefficient (Wildman–Crippen LogP) is 11.0. The van der Waals surface area contributed by atoms with E-state index in [1.807, 2.05) is 24.3 Å². The molecule has 0 aromatic rings. The minimum atomic E-state index is -0.736. The Morgan fingerprint density at radius 1 is 0.575 bits per heavy atom. The van der Waals surface area contributed by atoms with Crippen molar-refractivity contribution in [3.63, 3.8) is 0 Å². The number of hydrogen-bond acceptors (Lipinski definition) is 3. The molecule has 0 aromatic heterocycles. The summed E-state index contributed by atoms with van der Waals surface area (Å²) in [6.07, 6.45) is 42.7. The van der Waals surface area contributed by atoms with Gasteiger partial charge < -0.3 is 9.84 Å². The number of carboxylic acid groups (broad SMARTS) is 1. The van der Waals surface area contributed by atoms with Crippen LogP contribution in [0.1, 0.15) is 149 Å². The molecule has 0 heterocycles. The third-order valence-electron chi connectivity index (χ3n) is 6.69. The Balaban J connectivity index is 3.99. The van der Waals surface area contributed by atoms with E-state index in [4.69, 9.17) is 9.84 Å². The van der Waals surface area contributed by atoms with Gasteiger partial charge in [-0.1, -0.05) is 114 Å². The number of carbonyl (C=O) groups is 2. The van der Waals surface area contributed by atoms with E-state index in [9.17, 15) is 9.59 Å². The predicted molar refractivity (Wildman–Crippen MR) is 172 cm³/mol. The number of aliphatic carboxylic acids is 1. The van der Waals surface area contributed by atoms with Crippen LogP contribution in [0.3, 0.4) is 0 Å². The van der Waals surface area contributed by atoms with Crippen molar-refractivity contribution in [2.24, 2.45) is 0 Å². The Hall–Kier alpha value is -2.36. The molecule has 1 atom stereocenters. The molecular weight excluding hydrogens is 496 g/mol. The fraction of sp³-hybridized carbons (Fsp3) is 0.667. The Kier molecular flexibility index (Phi) is 29.3. The Morgan fingerprint density at radius 2 is 1.07 bits per heavy atom. The number of unbranched alkanes of at least 4 members (excludes halogenated alkanes) is 13. The quantitative estimate of drug-likeness (QED) is 0.0591. The average Bonchev–Trinajstić information content (AvgIpc) is 2.93. The topological polar surface area (TPSA) is 63.6 Å². The lowest BCUT2D eigenvalue weighted by Crippen LogP contribution is -2.13. The molecule has 0 bridgehead atoms. The van der Waals surface area contributed by atoms with Gasteiger partial charge in [-0.15, -0.1) is 0 Å². The molecule has 1 unspecified atom stereocenters. The summed E-state index contributed by atoms with van der Waals surface area (Å²) in [5.74, 6) is -0.868. The van der Waals surface area contributed by atoms with Crippen molar-refractivity contribution in [2.45, 2.75) is 155 Å². The van der Waals surface area contributed by atoms with Crippen molar-refractivity contribution in [3.05, 3.63) is 60.8 Å². The van der Waals surface area contributed by atoms with Gasteiger partial charge >= 0.3 is 11.9 Å².